The highest BCUT2D eigenvalue weighted by Gasteiger charge is 2.36. The number of aliphatic hydroxyl groups excluding tert-OH is 2. The summed E-state index contributed by atoms with van der Waals surface area (Å²) in [5, 5.41) is 19.2. The van der Waals surface area contributed by atoms with E-state index in [1.165, 1.54) is 6.33 Å². The lowest BCUT2D eigenvalue weighted by Crippen LogP contribution is -2.24. The van der Waals surface area contributed by atoms with Crippen molar-refractivity contribution < 1.29 is 14.9 Å². The van der Waals surface area contributed by atoms with Gasteiger partial charge in [0.2, 0.25) is 0 Å². The Morgan fingerprint density at radius 1 is 1.52 bits per heavy atom. The molecule has 0 radical (unpaired) electrons. The van der Waals surface area contributed by atoms with Crippen LogP contribution in [0.25, 0.3) is 11.2 Å². The van der Waals surface area contributed by atoms with Crippen molar-refractivity contribution in [3.05, 3.63) is 11.1 Å². The number of fused-ring (bicyclic) bond motifs is 1. The number of nitrogens with zero attached hydrogens (tertiary/aromatic N) is 6. The van der Waals surface area contributed by atoms with Crippen molar-refractivity contribution >= 4 is 39.3 Å². The first-order valence-electron chi connectivity index (χ1n) is 7.04. The van der Waals surface area contributed by atoms with Gasteiger partial charge >= 0.3 is 0 Å². The number of aliphatic hydroxyl groups is 2. The molecule has 3 heterocycles. The number of aliphatic imine (C=N–C) groups is 1. The Bertz CT molecular complexity index is 734. The molecule has 0 spiro atoms. The summed E-state index contributed by atoms with van der Waals surface area (Å²) >= 11 is 3.39. The van der Waals surface area contributed by atoms with Crippen LogP contribution in [0.5, 0.6) is 0 Å². The molecule has 124 valence electrons. The van der Waals surface area contributed by atoms with Gasteiger partial charge in [-0.2, -0.15) is 0 Å². The van der Waals surface area contributed by atoms with Gasteiger partial charge in [-0.25, -0.2) is 19.9 Å². The third-order valence-electron chi connectivity index (χ3n) is 3.50. The summed E-state index contributed by atoms with van der Waals surface area (Å²) in [5.41, 5.74) is 1.08. The van der Waals surface area contributed by atoms with Gasteiger partial charge in [-0.15, -0.1) is 0 Å². The number of imidazole rings is 1. The number of halogens is 1. The molecular weight excluding hydrogens is 368 g/mol. The highest BCUT2D eigenvalue weighted by molar-refractivity contribution is 9.10. The minimum absolute atomic E-state index is 0.241. The van der Waals surface area contributed by atoms with E-state index in [0.29, 0.717) is 28.1 Å². The molecule has 23 heavy (non-hydrogen) atoms. The maximum Gasteiger partial charge on any atom is 0.185 e. The van der Waals surface area contributed by atoms with Crippen molar-refractivity contribution in [2.45, 2.75) is 24.9 Å². The Morgan fingerprint density at radius 2 is 2.30 bits per heavy atom. The highest BCUT2D eigenvalue weighted by Crippen LogP contribution is 2.35. The maximum atomic E-state index is 9.93. The summed E-state index contributed by atoms with van der Waals surface area (Å²) in [4.78, 5) is 18.9. The van der Waals surface area contributed by atoms with Crippen molar-refractivity contribution in [1.82, 2.24) is 24.4 Å². The van der Waals surface area contributed by atoms with Crippen LogP contribution in [0.15, 0.2) is 16.1 Å². The largest absolute Gasteiger partial charge is 0.394 e. The van der Waals surface area contributed by atoms with E-state index in [4.69, 9.17) is 4.74 Å². The second-order valence-corrected chi connectivity index (χ2v) is 6.15. The number of hydrogen-bond acceptors (Lipinski definition) is 7. The van der Waals surface area contributed by atoms with E-state index in [0.717, 1.165) is 0 Å². The molecule has 10 heteroatoms. The lowest BCUT2D eigenvalue weighted by molar-refractivity contribution is -0.0439. The summed E-state index contributed by atoms with van der Waals surface area (Å²) < 4.78 is 7.91. The van der Waals surface area contributed by atoms with Crippen LogP contribution in [0.2, 0.25) is 0 Å². The molecular formula is C13H17BrN6O3. The molecule has 3 atom stereocenters. The van der Waals surface area contributed by atoms with Gasteiger partial charge in [-0.1, -0.05) is 0 Å². The summed E-state index contributed by atoms with van der Waals surface area (Å²) in [6, 6.07) is 0. The molecule has 2 N–H and O–H groups in total. The first-order chi connectivity index (χ1) is 11.0. The van der Waals surface area contributed by atoms with E-state index in [1.54, 1.807) is 15.8 Å². The third-order valence-corrected chi connectivity index (χ3v) is 4.06. The molecule has 2 aromatic heterocycles. The minimum atomic E-state index is -0.734. The number of hydrogen-bond donors (Lipinski definition) is 2. The van der Waals surface area contributed by atoms with Crippen molar-refractivity contribution in [1.29, 1.82) is 0 Å². The Morgan fingerprint density at radius 3 is 2.96 bits per heavy atom. The SMILES string of the molecule is CN(C)/C=N/c1ncnc2c1nc(Br)n2C1CC(O)C(CO)O1. The molecule has 0 aliphatic carbocycles. The van der Waals surface area contributed by atoms with Gasteiger partial charge in [0.15, 0.2) is 21.7 Å². The van der Waals surface area contributed by atoms with E-state index >= 15 is 0 Å². The fraction of sp³-hybridized carbons (Fsp3) is 0.538. The van der Waals surface area contributed by atoms with E-state index in [-0.39, 0.29) is 6.61 Å². The van der Waals surface area contributed by atoms with Crippen LogP contribution >= 0.6 is 15.9 Å². The molecule has 9 nitrogen and oxygen atoms in total. The standard InChI is InChI=1S/C13H17BrN6O3/c1-19(2)6-17-11-10-12(16-5-15-11)20(13(14)18-10)9-3-7(22)8(4-21)23-9/h5-9,21-22H,3-4H2,1-2H3/b17-6+. The van der Waals surface area contributed by atoms with Crippen LogP contribution in [-0.4, -0.2) is 73.9 Å². The van der Waals surface area contributed by atoms with Gasteiger partial charge in [0, 0.05) is 20.5 Å². The molecule has 3 rings (SSSR count). The summed E-state index contributed by atoms with van der Waals surface area (Å²) in [5.74, 6) is 0.445. The quantitative estimate of drug-likeness (QED) is 0.447. The molecule has 1 aliphatic heterocycles. The molecule has 2 aromatic rings. The van der Waals surface area contributed by atoms with Crippen LogP contribution in [0.4, 0.5) is 5.82 Å². The molecule has 0 bridgehead atoms. The molecule has 1 aliphatic rings. The molecule has 1 saturated heterocycles. The predicted octanol–water partition coefficient (Wildman–Crippen LogP) is 0.451. The molecule has 0 aromatic carbocycles. The molecule has 3 unspecified atom stereocenters. The highest BCUT2D eigenvalue weighted by atomic mass is 79.9. The van der Waals surface area contributed by atoms with Crippen molar-refractivity contribution in [3.63, 3.8) is 0 Å². The van der Waals surface area contributed by atoms with Crippen molar-refractivity contribution in [2.24, 2.45) is 4.99 Å². The van der Waals surface area contributed by atoms with Crippen molar-refractivity contribution in [3.8, 4) is 0 Å². The van der Waals surface area contributed by atoms with E-state index in [9.17, 15) is 10.2 Å². The topological polar surface area (TPSA) is 109 Å². The Balaban J connectivity index is 2.02. The van der Waals surface area contributed by atoms with Crippen LogP contribution in [0, 0.1) is 0 Å². The lowest BCUT2D eigenvalue weighted by Gasteiger charge is -2.14. The Hall–Kier alpha value is -1.62. The zero-order valence-electron chi connectivity index (χ0n) is 12.7. The Kier molecular flexibility index (Phi) is 4.57. The van der Waals surface area contributed by atoms with Crippen LogP contribution < -0.4 is 0 Å². The van der Waals surface area contributed by atoms with E-state index in [2.05, 4.69) is 35.9 Å². The third kappa shape index (κ3) is 3.07. The smallest absolute Gasteiger partial charge is 0.185 e. The first-order valence-corrected chi connectivity index (χ1v) is 7.84. The molecule has 0 saturated carbocycles. The second-order valence-electron chi connectivity index (χ2n) is 5.44. The fourth-order valence-electron chi connectivity index (χ4n) is 2.43. The molecule has 1 fully saturated rings. The van der Waals surface area contributed by atoms with Crippen LogP contribution in [0.3, 0.4) is 0 Å². The van der Waals surface area contributed by atoms with Crippen molar-refractivity contribution in [2.75, 3.05) is 20.7 Å². The average Bonchev–Trinajstić information content (AvgIpc) is 3.03. The Labute approximate surface area is 140 Å². The number of aromatic nitrogens is 4. The maximum absolute atomic E-state index is 9.93. The van der Waals surface area contributed by atoms with Gasteiger partial charge in [-0.3, -0.25) is 4.57 Å². The van der Waals surface area contributed by atoms with Crippen LogP contribution in [0.1, 0.15) is 12.6 Å². The van der Waals surface area contributed by atoms with Gasteiger partial charge in [0.05, 0.1) is 19.0 Å². The predicted molar refractivity (Wildman–Crippen MR) is 86.5 cm³/mol. The van der Waals surface area contributed by atoms with Gasteiger partial charge in [0.1, 0.15) is 18.7 Å². The summed E-state index contributed by atoms with van der Waals surface area (Å²) in [7, 11) is 3.72. The summed E-state index contributed by atoms with van der Waals surface area (Å²) in [6.45, 7) is -0.241. The summed E-state index contributed by atoms with van der Waals surface area (Å²) in [6.07, 6.45) is 1.56. The first kappa shape index (κ1) is 16.2. The van der Waals surface area contributed by atoms with E-state index < -0.39 is 18.4 Å². The average molecular weight is 385 g/mol. The van der Waals surface area contributed by atoms with Gasteiger partial charge in [-0.05, 0) is 15.9 Å². The monoisotopic (exact) mass is 384 g/mol. The minimum Gasteiger partial charge on any atom is -0.394 e. The number of ether oxygens (including phenoxy) is 1. The zero-order chi connectivity index (χ0) is 16.6. The van der Waals surface area contributed by atoms with Gasteiger partial charge < -0.3 is 19.8 Å². The second kappa shape index (κ2) is 6.48. The normalized spacial score (nSPS) is 24.8. The molecule has 0 amide bonds. The lowest BCUT2D eigenvalue weighted by atomic mass is 10.2. The fourth-order valence-corrected chi connectivity index (χ4v) is 3.00. The van der Waals surface area contributed by atoms with Crippen LogP contribution in [-0.2, 0) is 4.74 Å². The van der Waals surface area contributed by atoms with E-state index in [1.807, 2.05) is 14.1 Å². The van der Waals surface area contributed by atoms with Gasteiger partial charge in [0.25, 0.3) is 0 Å². The number of rotatable bonds is 4. The zero-order valence-corrected chi connectivity index (χ0v) is 14.3.